The highest BCUT2D eigenvalue weighted by Gasteiger charge is 2.19. The van der Waals surface area contributed by atoms with Crippen molar-refractivity contribution in [2.75, 3.05) is 34.4 Å². The largest absolute Gasteiger partial charge is 0.496 e. The molecule has 2 heterocycles. The molecule has 4 aromatic rings. The van der Waals surface area contributed by atoms with Gasteiger partial charge in [0.25, 0.3) is 5.91 Å². The number of nitrogens with zero attached hydrogens (tertiary/aromatic N) is 5. The zero-order chi connectivity index (χ0) is 26.6. The van der Waals surface area contributed by atoms with Crippen LogP contribution >= 0.6 is 0 Å². The summed E-state index contributed by atoms with van der Waals surface area (Å²) in [6, 6.07) is 18.4. The second kappa shape index (κ2) is 10.9. The van der Waals surface area contributed by atoms with Crippen LogP contribution in [-0.2, 0) is 19.4 Å². The highest BCUT2D eigenvalue weighted by molar-refractivity contribution is 5.96. The molecule has 38 heavy (non-hydrogen) atoms. The van der Waals surface area contributed by atoms with Crippen molar-refractivity contribution < 1.29 is 19.0 Å². The normalized spacial score (nSPS) is 13.1. The molecule has 0 saturated carbocycles. The first-order valence-corrected chi connectivity index (χ1v) is 12.2. The van der Waals surface area contributed by atoms with Gasteiger partial charge in [-0.3, -0.25) is 9.69 Å². The van der Waals surface area contributed by atoms with Crippen molar-refractivity contribution in [2.24, 2.45) is 5.73 Å². The number of tetrazole rings is 1. The molecule has 2 N–H and O–H groups in total. The number of rotatable bonds is 9. The first-order valence-electron chi connectivity index (χ1n) is 12.2. The van der Waals surface area contributed by atoms with Crippen LogP contribution in [0.3, 0.4) is 0 Å². The van der Waals surface area contributed by atoms with Crippen molar-refractivity contribution in [3.63, 3.8) is 0 Å². The van der Waals surface area contributed by atoms with E-state index in [-0.39, 0.29) is 5.56 Å². The van der Waals surface area contributed by atoms with Crippen LogP contribution in [0.25, 0.3) is 17.1 Å². The lowest BCUT2D eigenvalue weighted by molar-refractivity contribution is 0.0997. The van der Waals surface area contributed by atoms with Crippen LogP contribution < -0.4 is 19.9 Å². The molecular weight excluding hydrogens is 484 g/mol. The van der Waals surface area contributed by atoms with Crippen molar-refractivity contribution >= 4 is 5.91 Å². The Kier molecular flexibility index (Phi) is 7.23. The number of benzene rings is 3. The lowest BCUT2D eigenvalue weighted by atomic mass is 9.98. The molecule has 10 heteroatoms. The summed E-state index contributed by atoms with van der Waals surface area (Å²) in [5.41, 5.74) is 10.8. The van der Waals surface area contributed by atoms with Gasteiger partial charge in [0.05, 0.1) is 32.6 Å². The number of ether oxygens (including phenoxy) is 3. The van der Waals surface area contributed by atoms with Gasteiger partial charge in [0.15, 0.2) is 11.5 Å². The number of primary amides is 1. The fourth-order valence-electron chi connectivity index (χ4n) is 4.62. The second-order valence-corrected chi connectivity index (χ2v) is 9.01. The number of hydrogen-bond donors (Lipinski definition) is 1. The number of amides is 1. The summed E-state index contributed by atoms with van der Waals surface area (Å²) in [6.45, 7) is 2.85. The first kappa shape index (κ1) is 25.2. The topological polar surface area (TPSA) is 118 Å². The smallest absolute Gasteiger partial charge is 0.252 e. The Morgan fingerprint density at radius 2 is 1.71 bits per heavy atom. The van der Waals surface area contributed by atoms with E-state index in [4.69, 9.17) is 19.9 Å². The Hall–Kier alpha value is -4.44. The number of carbonyl (C=O) groups excluding carboxylic acids is 1. The molecule has 1 aromatic heterocycles. The van der Waals surface area contributed by atoms with Gasteiger partial charge in [0, 0.05) is 25.2 Å². The van der Waals surface area contributed by atoms with Crippen LogP contribution in [0.1, 0.15) is 27.0 Å². The van der Waals surface area contributed by atoms with Gasteiger partial charge in [-0.25, -0.2) is 0 Å². The lowest BCUT2D eigenvalue weighted by Crippen LogP contribution is -2.32. The Morgan fingerprint density at radius 3 is 2.39 bits per heavy atom. The van der Waals surface area contributed by atoms with Crippen LogP contribution in [0.4, 0.5) is 0 Å². The predicted octanol–water partition coefficient (Wildman–Crippen LogP) is 2.85. The summed E-state index contributed by atoms with van der Waals surface area (Å²) in [7, 11) is 4.80. The summed E-state index contributed by atoms with van der Waals surface area (Å²) in [5.74, 6) is 1.63. The number of carbonyl (C=O) groups is 1. The van der Waals surface area contributed by atoms with Gasteiger partial charge in [-0.05, 0) is 77.2 Å². The average Bonchev–Trinajstić information content (AvgIpc) is 3.45. The molecule has 10 nitrogen and oxygen atoms in total. The summed E-state index contributed by atoms with van der Waals surface area (Å²) < 4.78 is 16.1. The Balaban J connectivity index is 1.23. The van der Waals surface area contributed by atoms with Crippen LogP contribution in [0.2, 0.25) is 0 Å². The van der Waals surface area contributed by atoms with E-state index in [0.717, 1.165) is 49.7 Å². The number of hydrogen-bond acceptors (Lipinski definition) is 8. The first-order chi connectivity index (χ1) is 18.5. The van der Waals surface area contributed by atoms with Crippen LogP contribution in [-0.4, -0.2) is 65.4 Å². The van der Waals surface area contributed by atoms with Crippen molar-refractivity contribution in [2.45, 2.75) is 19.4 Å². The van der Waals surface area contributed by atoms with Gasteiger partial charge >= 0.3 is 0 Å². The van der Waals surface area contributed by atoms with E-state index in [9.17, 15) is 4.79 Å². The Morgan fingerprint density at radius 1 is 1.00 bits per heavy atom. The van der Waals surface area contributed by atoms with Gasteiger partial charge in [0.1, 0.15) is 5.75 Å². The van der Waals surface area contributed by atoms with Gasteiger partial charge in [-0.1, -0.05) is 12.1 Å². The second-order valence-electron chi connectivity index (χ2n) is 9.01. The lowest BCUT2D eigenvalue weighted by Gasteiger charge is -2.29. The summed E-state index contributed by atoms with van der Waals surface area (Å²) in [4.78, 5) is 15.6. The van der Waals surface area contributed by atoms with Gasteiger partial charge in [-0.2, -0.15) is 0 Å². The number of nitrogens with two attached hydrogens (primary N) is 1. The minimum atomic E-state index is -0.603. The minimum Gasteiger partial charge on any atom is -0.496 e. The Labute approximate surface area is 220 Å². The SMILES string of the molecule is COc1cc2c(cc1OC)CN(CCc1ccc(-n3nnc(-c4[c]cc(OC)c(C(N)=O)c4)n3)cc1)CC2. The maximum Gasteiger partial charge on any atom is 0.252 e. The predicted molar refractivity (Wildman–Crippen MR) is 141 cm³/mol. The Bertz CT molecular complexity index is 1450. The molecular formula is C28H29N6O4. The monoisotopic (exact) mass is 513 g/mol. The zero-order valence-electron chi connectivity index (χ0n) is 21.6. The number of methoxy groups -OCH3 is 3. The van der Waals surface area contributed by atoms with E-state index >= 15 is 0 Å². The van der Waals surface area contributed by atoms with Gasteiger partial charge in [-0.15, -0.1) is 15.0 Å². The van der Waals surface area contributed by atoms with E-state index in [0.29, 0.717) is 17.1 Å². The molecule has 0 aliphatic carbocycles. The number of fused-ring (bicyclic) bond motifs is 1. The fourth-order valence-corrected chi connectivity index (χ4v) is 4.62. The maximum atomic E-state index is 11.7. The minimum absolute atomic E-state index is 0.234. The highest BCUT2D eigenvalue weighted by atomic mass is 16.5. The molecule has 195 valence electrons. The van der Waals surface area contributed by atoms with E-state index < -0.39 is 5.91 Å². The molecule has 0 fully saturated rings. The fraction of sp³-hybridized carbons (Fsp3) is 0.286. The standard InChI is InChI=1S/C28H29N6O4/c1-36-24-9-6-20(14-23(24)27(29)35)28-30-32-34(31-28)22-7-4-18(5-8-22)10-12-33-13-11-19-15-25(37-2)26(38-3)16-21(19)17-33/h4-5,7-9,14-16H,10-13,17H2,1-3H3,(H2,29,35). The maximum absolute atomic E-state index is 11.7. The molecule has 5 rings (SSSR count). The van der Waals surface area contributed by atoms with Crippen molar-refractivity contribution in [1.29, 1.82) is 0 Å². The third-order valence-corrected chi connectivity index (χ3v) is 6.73. The van der Waals surface area contributed by atoms with Crippen molar-refractivity contribution in [3.8, 4) is 34.3 Å². The molecule has 0 atom stereocenters. The van der Waals surface area contributed by atoms with Crippen molar-refractivity contribution in [1.82, 2.24) is 25.1 Å². The molecule has 0 saturated heterocycles. The van der Waals surface area contributed by atoms with Crippen LogP contribution in [0.5, 0.6) is 17.2 Å². The third kappa shape index (κ3) is 5.16. The summed E-state index contributed by atoms with van der Waals surface area (Å²) in [5, 5.41) is 12.7. The average molecular weight is 514 g/mol. The molecule has 1 aliphatic rings. The molecule has 0 unspecified atom stereocenters. The molecule has 1 aliphatic heterocycles. The zero-order valence-corrected chi connectivity index (χ0v) is 21.6. The van der Waals surface area contributed by atoms with E-state index in [1.807, 2.05) is 12.1 Å². The van der Waals surface area contributed by atoms with Gasteiger partial charge in [0.2, 0.25) is 5.82 Å². The number of aromatic nitrogens is 4. The molecule has 1 radical (unpaired) electrons. The molecule has 3 aromatic carbocycles. The molecule has 0 bridgehead atoms. The van der Waals surface area contributed by atoms with Crippen LogP contribution in [0, 0.1) is 6.07 Å². The molecule has 1 amide bonds. The summed E-state index contributed by atoms with van der Waals surface area (Å²) in [6.07, 6.45) is 1.91. The van der Waals surface area contributed by atoms with Crippen molar-refractivity contribution in [3.05, 3.63) is 76.9 Å². The quantitative estimate of drug-likeness (QED) is 0.363. The van der Waals surface area contributed by atoms with E-state index in [1.54, 1.807) is 26.4 Å². The highest BCUT2D eigenvalue weighted by Crippen LogP contribution is 2.33. The molecule has 0 spiro atoms. The van der Waals surface area contributed by atoms with Gasteiger partial charge < -0.3 is 19.9 Å². The van der Waals surface area contributed by atoms with E-state index in [1.165, 1.54) is 28.6 Å². The van der Waals surface area contributed by atoms with E-state index in [2.05, 4.69) is 50.6 Å². The van der Waals surface area contributed by atoms with Crippen LogP contribution in [0.15, 0.2) is 48.5 Å². The summed E-state index contributed by atoms with van der Waals surface area (Å²) >= 11 is 0. The third-order valence-electron chi connectivity index (χ3n) is 6.73.